The van der Waals surface area contributed by atoms with Crippen LogP contribution in [0.3, 0.4) is 0 Å². The van der Waals surface area contributed by atoms with Gasteiger partial charge in [0.25, 0.3) is 5.91 Å². The first-order valence-corrected chi connectivity index (χ1v) is 7.71. The Morgan fingerprint density at radius 1 is 1.52 bits per heavy atom. The van der Waals surface area contributed by atoms with Crippen LogP contribution in [0.2, 0.25) is 0 Å². The Kier molecular flexibility index (Phi) is 4.01. The summed E-state index contributed by atoms with van der Waals surface area (Å²) in [5, 5.41) is 16.6. The summed E-state index contributed by atoms with van der Waals surface area (Å²) in [4.78, 5) is 12.3. The molecule has 6 heteroatoms. The molecule has 1 aliphatic heterocycles. The Morgan fingerprint density at radius 3 is 3.05 bits per heavy atom. The number of carbonyl (C=O) groups is 1. The van der Waals surface area contributed by atoms with E-state index in [1.807, 2.05) is 25.1 Å². The third-order valence-electron chi connectivity index (χ3n) is 3.93. The third kappa shape index (κ3) is 2.84. The summed E-state index contributed by atoms with van der Waals surface area (Å²) in [5.41, 5.74) is 1.53. The largest absolute Gasteiger partial charge is 0.451 e. The van der Waals surface area contributed by atoms with Crippen LogP contribution in [0, 0.1) is 12.8 Å². The van der Waals surface area contributed by atoms with Crippen molar-refractivity contribution in [2.75, 3.05) is 19.6 Å². The number of rotatable bonds is 3. The predicted molar refractivity (Wildman–Crippen MR) is 83.4 cm³/mol. The fraction of sp³-hybridized carbons (Fsp3) is 0.400. The molecule has 1 aromatic carbocycles. The Labute approximate surface area is 130 Å². The molecule has 1 aliphatic rings. The number of hydrogen-bond donors (Lipinski definition) is 3. The van der Waals surface area contributed by atoms with Crippen LogP contribution < -0.4 is 10.6 Å². The average Bonchev–Trinajstić information content (AvgIpc) is 3.01. The molecule has 1 amide bonds. The van der Waals surface area contributed by atoms with Crippen molar-refractivity contribution in [2.24, 2.45) is 5.92 Å². The summed E-state index contributed by atoms with van der Waals surface area (Å²) in [5.74, 6) is 0.148. The van der Waals surface area contributed by atoms with E-state index in [1.54, 1.807) is 0 Å². The molecule has 3 rings (SSSR count). The van der Waals surface area contributed by atoms with Gasteiger partial charge in [-0.2, -0.15) is 0 Å². The first-order chi connectivity index (χ1) is 10.1. The summed E-state index contributed by atoms with van der Waals surface area (Å²) in [7, 11) is 0. The molecule has 2 atom stereocenters. The zero-order chi connectivity index (χ0) is 15.0. The maximum absolute atomic E-state index is 12.3. The lowest BCUT2D eigenvalue weighted by Gasteiger charge is -2.13. The molecule has 21 heavy (non-hydrogen) atoms. The number of amides is 1. The van der Waals surface area contributed by atoms with E-state index in [0.29, 0.717) is 31.0 Å². The van der Waals surface area contributed by atoms with Crippen molar-refractivity contribution in [2.45, 2.75) is 13.0 Å². The number of β-amino-alcohol motifs (C(OH)–C–C–N with tert-alkyl or cyclic N) is 1. The third-order valence-corrected chi connectivity index (χ3v) is 4.43. The molecule has 1 aromatic heterocycles. The predicted octanol–water partition coefficient (Wildman–Crippen LogP) is 1.81. The van der Waals surface area contributed by atoms with Crippen LogP contribution in [-0.4, -0.2) is 36.8 Å². The number of nitrogens with one attached hydrogen (secondary N) is 2. The molecular weight excluding hydrogens is 336 g/mol. The SMILES string of the molecule is Cc1c(C(=O)NCC2CNCC2O)oc2ccc(Br)cc12. The van der Waals surface area contributed by atoms with Gasteiger partial charge in [0.05, 0.1) is 6.10 Å². The monoisotopic (exact) mass is 352 g/mol. The Bertz CT molecular complexity index is 683. The first-order valence-electron chi connectivity index (χ1n) is 6.92. The highest BCUT2D eigenvalue weighted by molar-refractivity contribution is 9.10. The topological polar surface area (TPSA) is 74.5 Å². The number of aryl methyl sites for hydroxylation is 1. The van der Waals surface area contributed by atoms with Gasteiger partial charge in [0.1, 0.15) is 5.58 Å². The van der Waals surface area contributed by atoms with Gasteiger partial charge in [-0.3, -0.25) is 4.79 Å². The molecular formula is C15H17BrN2O3. The van der Waals surface area contributed by atoms with E-state index in [4.69, 9.17) is 4.42 Å². The molecule has 0 spiro atoms. The van der Waals surface area contributed by atoms with Gasteiger partial charge >= 0.3 is 0 Å². The fourth-order valence-electron chi connectivity index (χ4n) is 2.64. The van der Waals surface area contributed by atoms with Crippen LogP contribution in [0.25, 0.3) is 11.0 Å². The number of hydrogen-bond acceptors (Lipinski definition) is 4. The van der Waals surface area contributed by atoms with Crippen molar-refractivity contribution in [3.8, 4) is 0 Å². The van der Waals surface area contributed by atoms with E-state index < -0.39 is 6.10 Å². The minimum absolute atomic E-state index is 0.0489. The number of halogens is 1. The molecule has 2 aromatic rings. The summed E-state index contributed by atoms with van der Waals surface area (Å²) in [6.07, 6.45) is -0.405. The number of aliphatic hydroxyl groups excluding tert-OH is 1. The minimum atomic E-state index is -0.405. The second-order valence-electron chi connectivity index (χ2n) is 5.39. The van der Waals surface area contributed by atoms with Crippen LogP contribution in [0.15, 0.2) is 27.1 Å². The molecule has 5 nitrogen and oxygen atoms in total. The van der Waals surface area contributed by atoms with Gasteiger partial charge in [0.15, 0.2) is 5.76 Å². The Balaban J connectivity index is 1.76. The van der Waals surface area contributed by atoms with Gasteiger partial charge in [0.2, 0.25) is 0 Å². The second kappa shape index (κ2) is 5.79. The van der Waals surface area contributed by atoms with Crippen LogP contribution >= 0.6 is 15.9 Å². The fourth-order valence-corrected chi connectivity index (χ4v) is 3.00. The van der Waals surface area contributed by atoms with Crippen molar-refractivity contribution in [3.05, 3.63) is 34.0 Å². The second-order valence-corrected chi connectivity index (χ2v) is 6.31. The number of benzene rings is 1. The lowest BCUT2D eigenvalue weighted by molar-refractivity contribution is 0.0901. The quantitative estimate of drug-likeness (QED) is 0.787. The molecule has 2 heterocycles. The maximum Gasteiger partial charge on any atom is 0.287 e. The highest BCUT2D eigenvalue weighted by atomic mass is 79.9. The highest BCUT2D eigenvalue weighted by Gasteiger charge is 2.26. The normalized spacial score (nSPS) is 21.9. The zero-order valence-electron chi connectivity index (χ0n) is 11.6. The molecule has 0 saturated carbocycles. The van der Waals surface area contributed by atoms with Gasteiger partial charge < -0.3 is 20.2 Å². The number of carbonyl (C=O) groups excluding carboxylic acids is 1. The summed E-state index contributed by atoms with van der Waals surface area (Å²) >= 11 is 3.42. The van der Waals surface area contributed by atoms with Crippen molar-refractivity contribution < 1.29 is 14.3 Å². The van der Waals surface area contributed by atoms with Crippen molar-refractivity contribution in [3.63, 3.8) is 0 Å². The summed E-state index contributed by atoms with van der Waals surface area (Å²) < 4.78 is 6.60. The van der Waals surface area contributed by atoms with Crippen LogP contribution in [0.5, 0.6) is 0 Å². The van der Waals surface area contributed by atoms with E-state index in [0.717, 1.165) is 15.4 Å². The molecule has 0 radical (unpaired) electrons. The lowest BCUT2D eigenvalue weighted by Crippen LogP contribution is -2.34. The first kappa shape index (κ1) is 14.6. The Hall–Kier alpha value is -1.37. The van der Waals surface area contributed by atoms with Crippen LogP contribution in [-0.2, 0) is 0 Å². The number of aliphatic hydroxyl groups is 1. The van der Waals surface area contributed by atoms with Gasteiger partial charge in [-0.15, -0.1) is 0 Å². The minimum Gasteiger partial charge on any atom is -0.451 e. The standard InChI is InChI=1S/C15H17BrN2O3/c1-8-11-4-10(16)2-3-13(11)21-14(8)15(20)18-6-9-5-17-7-12(9)19/h2-4,9,12,17,19H,5-7H2,1H3,(H,18,20). The van der Waals surface area contributed by atoms with E-state index in [1.165, 1.54) is 0 Å². The van der Waals surface area contributed by atoms with E-state index in [9.17, 15) is 9.90 Å². The zero-order valence-corrected chi connectivity index (χ0v) is 13.2. The smallest absolute Gasteiger partial charge is 0.287 e. The van der Waals surface area contributed by atoms with Gasteiger partial charge in [0, 0.05) is 41.0 Å². The van der Waals surface area contributed by atoms with Crippen molar-refractivity contribution >= 4 is 32.8 Å². The van der Waals surface area contributed by atoms with E-state index in [-0.39, 0.29) is 11.8 Å². The Morgan fingerprint density at radius 2 is 2.33 bits per heavy atom. The summed E-state index contributed by atoms with van der Waals surface area (Å²) in [6.45, 7) is 3.61. The average molecular weight is 353 g/mol. The van der Waals surface area contributed by atoms with Crippen molar-refractivity contribution in [1.29, 1.82) is 0 Å². The summed E-state index contributed by atoms with van der Waals surface area (Å²) in [6, 6.07) is 5.66. The molecule has 2 unspecified atom stereocenters. The van der Waals surface area contributed by atoms with E-state index in [2.05, 4.69) is 26.6 Å². The maximum atomic E-state index is 12.3. The van der Waals surface area contributed by atoms with Crippen LogP contribution in [0.4, 0.5) is 0 Å². The number of furan rings is 1. The molecule has 112 valence electrons. The molecule has 1 fully saturated rings. The van der Waals surface area contributed by atoms with Crippen LogP contribution in [0.1, 0.15) is 16.1 Å². The van der Waals surface area contributed by atoms with Crippen molar-refractivity contribution in [1.82, 2.24) is 10.6 Å². The molecule has 0 aliphatic carbocycles. The van der Waals surface area contributed by atoms with Gasteiger partial charge in [-0.05, 0) is 25.1 Å². The molecule has 3 N–H and O–H groups in total. The number of fused-ring (bicyclic) bond motifs is 1. The lowest BCUT2D eigenvalue weighted by atomic mass is 10.1. The molecule has 1 saturated heterocycles. The van der Waals surface area contributed by atoms with Gasteiger partial charge in [-0.25, -0.2) is 0 Å². The molecule has 0 bridgehead atoms. The van der Waals surface area contributed by atoms with Gasteiger partial charge in [-0.1, -0.05) is 15.9 Å². The highest BCUT2D eigenvalue weighted by Crippen LogP contribution is 2.28. The van der Waals surface area contributed by atoms with E-state index >= 15 is 0 Å².